The van der Waals surface area contributed by atoms with Crippen molar-refractivity contribution in [2.45, 2.75) is 262 Å². The quantitative estimate of drug-likeness (QED) is 0.100. The van der Waals surface area contributed by atoms with E-state index in [2.05, 4.69) is 90.5 Å². The molecule has 5 aliphatic carbocycles. The van der Waals surface area contributed by atoms with Crippen LogP contribution in [0.15, 0.2) is 0 Å². The Hall–Kier alpha value is -5.93. The molecule has 0 spiro atoms. The van der Waals surface area contributed by atoms with Gasteiger partial charge in [0.1, 0.15) is 53.5 Å². The van der Waals surface area contributed by atoms with E-state index in [1.54, 1.807) is 35.5 Å². The summed E-state index contributed by atoms with van der Waals surface area (Å²) in [5.74, 6) is 0.906. The van der Waals surface area contributed by atoms with Crippen molar-refractivity contribution < 1.29 is 85.9 Å². The number of piperidine rings is 5. The number of amides is 7. The Morgan fingerprint density at radius 3 is 0.935 bits per heavy atom. The molecule has 0 radical (unpaired) electrons. The fraction of sp³-hybridized carbons (Fsp3) is 0.861. The van der Waals surface area contributed by atoms with Crippen LogP contribution in [-0.2, 0) is 71.5 Å². The highest BCUT2D eigenvalue weighted by molar-refractivity contribution is 5.94. The van der Waals surface area contributed by atoms with E-state index < -0.39 is 88.5 Å². The van der Waals surface area contributed by atoms with E-state index in [1.807, 2.05) is 83.1 Å². The van der Waals surface area contributed by atoms with E-state index in [0.717, 1.165) is 6.54 Å². The van der Waals surface area contributed by atoms with Crippen molar-refractivity contribution in [1.29, 1.82) is 0 Å². The number of ether oxygens (including phenoxy) is 7. The van der Waals surface area contributed by atoms with E-state index in [9.17, 15) is 52.7 Å². The van der Waals surface area contributed by atoms with Crippen LogP contribution >= 0.6 is 24.8 Å². The summed E-state index contributed by atoms with van der Waals surface area (Å²) in [6.45, 7) is 52.5. The molecular formula is C79H145Cl2N9O18. The van der Waals surface area contributed by atoms with Gasteiger partial charge in [-0.1, -0.05) is 161 Å². The second-order valence-electron chi connectivity index (χ2n) is 38.0. The number of hydrogen-bond acceptors (Lipinski definition) is 20. The molecule has 0 aromatic heterocycles. The molecule has 628 valence electrons. The first-order chi connectivity index (χ1) is 46.3. The zero-order valence-corrected chi connectivity index (χ0v) is 69.6. The standard InChI is InChI=1S/C20H34N2O5.C17H29N3O4.C15H26N2O3.C14H23NO4.C9H15NO2.4CH4.2ClH/c1-18(2,3)14(21-17(25)27-19(4,5)6)15(23)22-10-11-12(20(11,7)8)13(22)16(24)26-9;1-16(2,3)12(19-15(23)18-6)13(21)20-8-9-10(17(9,4)5)11(20)14(22)24-7;1-14(2,3)11(16)12(18)17-7-8-9(15(8,4)5)10(17)13(19)20-6;1-13(2,3)19-12(17)15-7-8-9(14(8,4)5)10(15)11(16)18-6;1-9(2)5-4-10-7(6(5)9)8(11)12-3;;;;;;/h11-14H,10H2,1-9H3,(H,21,25);9-12H,8H2,1-7H3,(H2,18,19,23);8-11H,7,16H2,1-6H3;8-10H,7H2,1-6H3;5-7,10H,4H2,1-3H3;4*1H4;2*1H/t11-,12-,13-,14+;9-,10-,11-,12+;8-,9-,10-,11+;8-,9-,10-;5-,6-,7-;;;;;;/m00000....../s1. The second kappa shape index (κ2) is 35.4. The molecule has 5 saturated carbocycles. The van der Waals surface area contributed by atoms with E-state index in [0.29, 0.717) is 61.2 Å². The number of carbonyl (C=O) groups excluding carboxylic acids is 11. The van der Waals surface area contributed by atoms with Gasteiger partial charge in [0.25, 0.3) is 0 Å². The number of fused-ring (bicyclic) bond motifs is 5. The van der Waals surface area contributed by atoms with Crippen LogP contribution in [0.5, 0.6) is 0 Å². The van der Waals surface area contributed by atoms with Crippen LogP contribution in [-0.4, -0.2) is 220 Å². The molecule has 29 heteroatoms. The van der Waals surface area contributed by atoms with Gasteiger partial charge in [-0.15, -0.1) is 24.8 Å². The molecule has 27 nitrogen and oxygen atoms in total. The smallest absolute Gasteiger partial charge is 0.411 e. The molecule has 6 N–H and O–H groups in total. The van der Waals surface area contributed by atoms with Gasteiger partial charge in [0.15, 0.2) is 0 Å². The number of nitrogens with zero attached hydrogens (tertiary/aromatic N) is 4. The molecule has 10 rings (SSSR count). The number of urea groups is 1. The minimum atomic E-state index is -0.805. The highest BCUT2D eigenvalue weighted by Gasteiger charge is 2.74. The molecule has 7 amide bonds. The number of nitrogens with one attached hydrogen (secondary N) is 4. The summed E-state index contributed by atoms with van der Waals surface area (Å²) < 4.78 is 35.1. The minimum Gasteiger partial charge on any atom is -0.468 e. The summed E-state index contributed by atoms with van der Waals surface area (Å²) in [6, 6.07) is -4.73. The maximum absolute atomic E-state index is 13.3. The van der Waals surface area contributed by atoms with Gasteiger partial charge >= 0.3 is 48.1 Å². The molecule has 0 unspecified atom stereocenters. The van der Waals surface area contributed by atoms with Crippen molar-refractivity contribution in [3.63, 3.8) is 0 Å². The molecule has 0 aromatic rings. The fourth-order valence-corrected chi connectivity index (χ4v) is 17.3. The number of carbonyl (C=O) groups is 11. The summed E-state index contributed by atoms with van der Waals surface area (Å²) >= 11 is 0. The van der Waals surface area contributed by atoms with Crippen LogP contribution in [0.4, 0.5) is 14.4 Å². The Kier molecular flexibility index (Phi) is 33.5. The van der Waals surface area contributed by atoms with Crippen LogP contribution < -0.4 is 27.0 Å². The maximum Gasteiger partial charge on any atom is 0.411 e. The predicted molar refractivity (Wildman–Crippen MR) is 421 cm³/mol. The number of alkyl carbamates (subject to hydrolysis) is 1. The molecule has 0 bridgehead atoms. The van der Waals surface area contributed by atoms with Crippen molar-refractivity contribution in [1.82, 2.24) is 40.9 Å². The molecule has 0 aromatic carbocycles. The number of esters is 5. The van der Waals surface area contributed by atoms with Gasteiger partial charge < -0.3 is 74.9 Å². The third-order valence-corrected chi connectivity index (χ3v) is 24.2. The lowest BCUT2D eigenvalue weighted by Crippen LogP contribution is -2.59. The lowest BCUT2D eigenvalue weighted by Gasteiger charge is -2.37. The lowest BCUT2D eigenvalue weighted by molar-refractivity contribution is -0.154. The maximum atomic E-state index is 13.3. The van der Waals surface area contributed by atoms with Gasteiger partial charge in [-0.3, -0.25) is 24.1 Å². The van der Waals surface area contributed by atoms with Crippen molar-refractivity contribution in [2.75, 3.05) is 75.3 Å². The molecule has 18 atom stereocenters. The van der Waals surface area contributed by atoms with Crippen LogP contribution in [0.25, 0.3) is 0 Å². The number of likely N-dealkylation sites (tertiary alicyclic amines) is 4. The number of halogens is 2. The topological polar surface area (TPSA) is 339 Å². The van der Waals surface area contributed by atoms with Crippen molar-refractivity contribution in [2.24, 2.45) is 108 Å². The van der Waals surface area contributed by atoms with Crippen LogP contribution in [0.2, 0.25) is 0 Å². The number of nitrogens with two attached hydrogens (primary N) is 1. The summed E-state index contributed by atoms with van der Waals surface area (Å²) in [6.07, 6.45) is -1.07. The van der Waals surface area contributed by atoms with Crippen molar-refractivity contribution in [3.05, 3.63) is 0 Å². The van der Waals surface area contributed by atoms with E-state index in [1.165, 1.54) is 47.5 Å². The van der Waals surface area contributed by atoms with Crippen LogP contribution in [0.3, 0.4) is 0 Å². The molecule has 108 heavy (non-hydrogen) atoms. The molecule has 10 fully saturated rings. The van der Waals surface area contributed by atoms with Crippen molar-refractivity contribution in [3.8, 4) is 0 Å². The summed E-state index contributed by atoms with van der Waals surface area (Å²) in [5, 5.41) is 11.1. The highest BCUT2D eigenvalue weighted by Crippen LogP contribution is 2.68. The zero-order valence-electron chi connectivity index (χ0n) is 68.0. The van der Waals surface area contributed by atoms with Gasteiger partial charge in [-0.2, -0.15) is 0 Å². The van der Waals surface area contributed by atoms with Crippen LogP contribution in [0, 0.1) is 102 Å². The van der Waals surface area contributed by atoms with Gasteiger partial charge in [0.2, 0.25) is 17.7 Å². The average Bonchev–Trinajstić information content (AvgIpc) is 1.55. The Bertz CT molecular complexity index is 3220. The fourth-order valence-electron chi connectivity index (χ4n) is 17.3. The predicted octanol–water partition coefficient (Wildman–Crippen LogP) is 10.4. The Morgan fingerprint density at radius 1 is 0.398 bits per heavy atom. The molecular weight excluding hydrogens is 1430 g/mol. The summed E-state index contributed by atoms with van der Waals surface area (Å²) in [7, 11) is 8.37. The first-order valence-electron chi connectivity index (χ1n) is 36.1. The molecule has 5 saturated heterocycles. The number of rotatable bonds is 10. The largest absolute Gasteiger partial charge is 0.468 e. The molecule has 5 aliphatic heterocycles. The Morgan fingerprint density at radius 2 is 0.676 bits per heavy atom. The number of hydrogen-bond donors (Lipinski definition) is 5. The van der Waals surface area contributed by atoms with Gasteiger partial charge in [0.05, 0.1) is 41.6 Å². The first kappa shape index (κ1) is 102. The van der Waals surface area contributed by atoms with E-state index in [-0.39, 0.29) is 159 Å². The third kappa shape index (κ3) is 20.8. The minimum absolute atomic E-state index is 0. The normalized spacial score (nSPS) is 29.5. The first-order valence-corrected chi connectivity index (χ1v) is 36.1. The second-order valence-corrected chi connectivity index (χ2v) is 38.0. The van der Waals surface area contributed by atoms with Gasteiger partial charge in [-0.05, 0) is 127 Å². The van der Waals surface area contributed by atoms with Crippen LogP contribution in [0.1, 0.15) is 203 Å². The molecule has 5 heterocycles. The van der Waals surface area contributed by atoms with E-state index >= 15 is 0 Å². The highest BCUT2D eigenvalue weighted by atomic mass is 35.5. The average molecular weight is 1580 g/mol. The van der Waals surface area contributed by atoms with Gasteiger partial charge in [0, 0.05) is 56.9 Å². The lowest BCUT2D eigenvalue weighted by atomic mass is 9.85. The van der Waals surface area contributed by atoms with Crippen molar-refractivity contribution >= 4 is 90.6 Å². The SMILES string of the molecule is C.C.C.C.CNC(=O)N[C@H](C(=O)N1C[C@H]2[C@@H]([C@H]1C(=O)OC)C2(C)C)C(C)(C)C.COC(=O)[C@@H]1[C@@H]2[C@H](CN1C(=O)OC(C)(C)C)C2(C)C.COC(=O)[C@@H]1[C@@H]2[C@H](CN1C(=O)[C@@H](N)C(C)(C)C)C2(C)C.COC(=O)[C@@H]1[C@@H]2[C@H](CN1C(=O)[C@@H](NC(=O)OC(C)(C)C)C(C)(C)C)C2(C)C.COC(=O)[C@H]1NC[C@H]2[C@@H]1C2(C)C.Cl.Cl. The Balaban J connectivity index is 0.00000133. The summed E-state index contributed by atoms with van der Waals surface area (Å²) in [4.78, 5) is 142. The number of methoxy groups -OCH3 is 5. The zero-order chi connectivity index (χ0) is 78.4. The Labute approximate surface area is 660 Å². The monoisotopic (exact) mass is 1580 g/mol. The third-order valence-electron chi connectivity index (χ3n) is 24.2. The van der Waals surface area contributed by atoms with Gasteiger partial charge in [-0.25, -0.2) is 33.6 Å². The summed E-state index contributed by atoms with van der Waals surface area (Å²) in [5.41, 5.74) is 4.13. The molecule has 10 aliphatic rings. The van der Waals surface area contributed by atoms with E-state index in [4.69, 9.17) is 38.9 Å².